The molecular weight excluding hydrogens is 516 g/mol. The molecule has 0 unspecified atom stereocenters. The van der Waals surface area contributed by atoms with Crippen molar-refractivity contribution in [3.05, 3.63) is 120 Å². The Labute approximate surface area is 226 Å². The van der Waals surface area contributed by atoms with Crippen LogP contribution in [0, 0.1) is 6.92 Å². The maximum Gasteiger partial charge on any atom is 0.260 e. The lowest BCUT2D eigenvalue weighted by Crippen LogP contribution is -2.30. The summed E-state index contributed by atoms with van der Waals surface area (Å²) < 4.78 is 28.6. The van der Waals surface area contributed by atoms with Gasteiger partial charge in [-0.3, -0.25) is 14.7 Å². The largest absolute Gasteiger partial charge is 0.279 e. The van der Waals surface area contributed by atoms with E-state index in [1.807, 2.05) is 61.5 Å². The molecule has 0 bridgehead atoms. The van der Waals surface area contributed by atoms with E-state index in [2.05, 4.69) is 11.1 Å². The molecule has 9 heteroatoms. The van der Waals surface area contributed by atoms with E-state index in [-0.39, 0.29) is 23.9 Å². The number of fused-ring (bicyclic) bond motifs is 1. The van der Waals surface area contributed by atoms with E-state index in [1.165, 1.54) is 27.8 Å². The molecule has 0 atom stereocenters. The van der Waals surface area contributed by atoms with Gasteiger partial charge in [0, 0.05) is 31.5 Å². The Balaban J connectivity index is 1.43. The number of benzene rings is 3. The Morgan fingerprint density at radius 2 is 1.63 bits per heavy atom. The molecule has 0 aliphatic rings. The highest BCUT2D eigenvalue weighted by Gasteiger charge is 2.25. The van der Waals surface area contributed by atoms with E-state index in [0.29, 0.717) is 10.7 Å². The summed E-state index contributed by atoms with van der Waals surface area (Å²) in [4.78, 5) is 24.4. The van der Waals surface area contributed by atoms with Crippen molar-refractivity contribution in [1.29, 1.82) is 0 Å². The molecule has 192 valence electrons. The van der Waals surface area contributed by atoms with Crippen LogP contribution >= 0.6 is 11.3 Å². The molecule has 0 radical (unpaired) electrons. The van der Waals surface area contributed by atoms with E-state index in [1.54, 1.807) is 36.5 Å². The van der Waals surface area contributed by atoms with Crippen LogP contribution in [0.4, 0.5) is 5.13 Å². The molecule has 3 aromatic carbocycles. The van der Waals surface area contributed by atoms with Crippen molar-refractivity contribution in [1.82, 2.24) is 14.3 Å². The number of thiazole rings is 1. The zero-order valence-corrected chi connectivity index (χ0v) is 22.6. The number of anilines is 1. The van der Waals surface area contributed by atoms with Crippen molar-refractivity contribution in [2.24, 2.45) is 0 Å². The zero-order chi connectivity index (χ0) is 26.7. The molecule has 0 fully saturated rings. The number of nitrogens with zero attached hydrogens (tertiary/aromatic N) is 4. The Morgan fingerprint density at radius 3 is 2.34 bits per heavy atom. The lowest BCUT2D eigenvalue weighted by molar-refractivity contribution is 0.0985. The minimum Gasteiger partial charge on any atom is -0.279 e. The molecule has 0 aliphatic heterocycles. The van der Waals surface area contributed by atoms with Gasteiger partial charge in [-0.2, -0.15) is 4.31 Å². The number of amides is 1. The highest BCUT2D eigenvalue weighted by Crippen LogP contribution is 2.31. The van der Waals surface area contributed by atoms with E-state index >= 15 is 0 Å². The Bertz CT molecular complexity index is 1670. The highest BCUT2D eigenvalue weighted by atomic mass is 32.2. The summed E-state index contributed by atoms with van der Waals surface area (Å²) in [7, 11) is -2.18. The Morgan fingerprint density at radius 1 is 0.895 bits per heavy atom. The summed E-state index contributed by atoms with van der Waals surface area (Å²) in [5.74, 6) is -0.272. The average Bonchev–Trinajstić information content (AvgIpc) is 3.35. The van der Waals surface area contributed by atoms with Crippen LogP contribution in [-0.4, -0.2) is 35.6 Å². The normalized spacial score (nSPS) is 11.7. The molecule has 7 nitrogen and oxygen atoms in total. The van der Waals surface area contributed by atoms with Gasteiger partial charge in [0.2, 0.25) is 10.0 Å². The van der Waals surface area contributed by atoms with Crippen LogP contribution in [0.15, 0.2) is 102 Å². The van der Waals surface area contributed by atoms with Gasteiger partial charge in [-0.05, 0) is 66.1 Å². The van der Waals surface area contributed by atoms with Gasteiger partial charge in [0.1, 0.15) is 0 Å². The van der Waals surface area contributed by atoms with Crippen molar-refractivity contribution in [3.63, 3.8) is 0 Å². The van der Waals surface area contributed by atoms with Crippen LogP contribution in [0.2, 0.25) is 0 Å². The monoisotopic (exact) mass is 542 g/mol. The van der Waals surface area contributed by atoms with Gasteiger partial charge in [0.05, 0.1) is 21.7 Å². The van der Waals surface area contributed by atoms with E-state index < -0.39 is 10.0 Å². The fourth-order valence-corrected chi connectivity index (χ4v) is 6.29. The first kappa shape index (κ1) is 25.7. The number of pyridine rings is 1. The second-order valence-electron chi connectivity index (χ2n) is 8.99. The molecule has 0 saturated carbocycles. The predicted octanol–water partition coefficient (Wildman–Crippen LogP) is 5.67. The molecule has 0 spiro atoms. The smallest absolute Gasteiger partial charge is 0.260 e. The number of carbonyl (C=O) groups is 1. The minimum absolute atomic E-state index is 0.127. The third-order valence-corrected chi connectivity index (χ3v) is 8.99. The zero-order valence-electron chi connectivity index (χ0n) is 21.0. The predicted molar refractivity (Wildman–Crippen MR) is 151 cm³/mol. The first-order valence-electron chi connectivity index (χ1n) is 12.0. The molecule has 5 aromatic rings. The van der Waals surface area contributed by atoms with Crippen LogP contribution in [-0.2, 0) is 23.1 Å². The number of hydrogen-bond acceptors (Lipinski definition) is 6. The summed E-state index contributed by atoms with van der Waals surface area (Å²) >= 11 is 1.45. The second-order valence-corrected chi connectivity index (χ2v) is 12.0. The Kier molecular flexibility index (Phi) is 7.33. The standard InChI is InChI=1S/C29H26N4O3S2/c1-21-10-15-26-27(17-21)37-29(31-26)33(20-23-9-6-16-30-18-23)28(34)24-11-13-25(14-12-24)38(35,36)32(2)19-22-7-4-3-5-8-22/h3-18H,19-20H2,1-2H3. The SMILES string of the molecule is Cc1ccc2nc(N(Cc3cccnc3)C(=O)c3ccc(S(=O)(=O)N(C)Cc4ccccc4)cc3)sc2c1. The number of aryl methyl sites for hydroxylation is 1. The number of sulfonamides is 1. The van der Waals surface area contributed by atoms with Gasteiger partial charge in [0.25, 0.3) is 5.91 Å². The van der Waals surface area contributed by atoms with Crippen LogP contribution in [0.25, 0.3) is 10.2 Å². The van der Waals surface area contributed by atoms with Crippen LogP contribution in [0.3, 0.4) is 0 Å². The fraction of sp³-hybridized carbons (Fsp3) is 0.138. The van der Waals surface area contributed by atoms with Crippen molar-refractivity contribution in [2.75, 3.05) is 11.9 Å². The Hall–Kier alpha value is -3.92. The summed E-state index contributed by atoms with van der Waals surface area (Å²) in [6.07, 6.45) is 3.40. The molecule has 0 saturated heterocycles. The second kappa shape index (κ2) is 10.8. The highest BCUT2D eigenvalue weighted by molar-refractivity contribution is 7.89. The maximum atomic E-state index is 13.7. The lowest BCUT2D eigenvalue weighted by Gasteiger charge is -2.21. The number of rotatable bonds is 8. The third kappa shape index (κ3) is 5.50. The summed E-state index contributed by atoms with van der Waals surface area (Å²) in [6, 6.07) is 25.2. The number of carbonyl (C=O) groups excluding carboxylic acids is 1. The quantitative estimate of drug-likeness (QED) is 0.252. The van der Waals surface area contributed by atoms with Gasteiger partial charge in [-0.15, -0.1) is 0 Å². The summed E-state index contributed by atoms with van der Waals surface area (Å²) in [5, 5.41) is 0.568. The first-order valence-corrected chi connectivity index (χ1v) is 14.3. The topological polar surface area (TPSA) is 83.5 Å². The van der Waals surface area contributed by atoms with Crippen LogP contribution in [0.1, 0.15) is 27.0 Å². The molecule has 2 aromatic heterocycles. The third-order valence-electron chi connectivity index (χ3n) is 6.13. The van der Waals surface area contributed by atoms with Crippen LogP contribution < -0.4 is 4.90 Å². The molecule has 0 aliphatic carbocycles. The molecule has 0 N–H and O–H groups in total. The van der Waals surface area contributed by atoms with Gasteiger partial charge in [-0.1, -0.05) is 53.8 Å². The fourth-order valence-electron chi connectivity index (χ4n) is 4.07. The van der Waals surface area contributed by atoms with E-state index in [4.69, 9.17) is 4.98 Å². The molecule has 5 rings (SSSR count). The number of hydrogen-bond donors (Lipinski definition) is 0. The summed E-state index contributed by atoms with van der Waals surface area (Å²) in [6.45, 7) is 2.55. The van der Waals surface area contributed by atoms with Crippen molar-refractivity contribution >= 4 is 42.6 Å². The summed E-state index contributed by atoms with van der Waals surface area (Å²) in [5.41, 5.74) is 4.06. The van der Waals surface area contributed by atoms with Gasteiger partial charge < -0.3 is 0 Å². The van der Waals surface area contributed by atoms with Crippen LogP contribution in [0.5, 0.6) is 0 Å². The minimum atomic E-state index is -3.73. The van der Waals surface area contributed by atoms with Crippen molar-refractivity contribution in [3.8, 4) is 0 Å². The van der Waals surface area contributed by atoms with E-state index in [9.17, 15) is 13.2 Å². The molecule has 38 heavy (non-hydrogen) atoms. The van der Waals surface area contributed by atoms with Crippen molar-refractivity contribution in [2.45, 2.75) is 24.9 Å². The van der Waals surface area contributed by atoms with Gasteiger partial charge in [0.15, 0.2) is 5.13 Å². The number of aromatic nitrogens is 2. The maximum absolute atomic E-state index is 13.7. The first-order chi connectivity index (χ1) is 18.3. The lowest BCUT2D eigenvalue weighted by atomic mass is 10.2. The van der Waals surface area contributed by atoms with Crippen molar-refractivity contribution < 1.29 is 13.2 Å². The van der Waals surface area contributed by atoms with Gasteiger partial charge in [-0.25, -0.2) is 13.4 Å². The molecule has 2 heterocycles. The van der Waals surface area contributed by atoms with Gasteiger partial charge >= 0.3 is 0 Å². The average molecular weight is 543 g/mol. The molecular formula is C29H26N4O3S2. The van der Waals surface area contributed by atoms with E-state index in [0.717, 1.165) is 26.9 Å². The molecule has 1 amide bonds.